The van der Waals surface area contributed by atoms with Crippen LogP contribution in [0.2, 0.25) is 0 Å². The summed E-state index contributed by atoms with van der Waals surface area (Å²) in [6.45, 7) is 9.68. The number of imide groups is 1. The Bertz CT molecular complexity index is 1930. The fourth-order valence-electron chi connectivity index (χ4n) is 9.47. The molecule has 0 spiro atoms. The number of hydrogen-bond donors (Lipinski definition) is 0. The Kier molecular flexibility index (Phi) is 20.9. The molecule has 0 saturated carbocycles. The van der Waals surface area contributed by atoms with E-state index in [4.69, 9.17) is 0 Å². The Morgan fingerprint density at radius 1 is 0.459 bits per heavy atom. The van der Waals surface area contributed by atoms with Gasteiger partial charge in [0.15, 0.2) is 0 Å². The van der Waals surface area contributed by atoms with E-state index >= 15 is 0 Å². The van der Waals surface area contributed by atoms with Crippen molar-refractivity contribution in [1.82, 2.24) is 4.90 Å². The van der Waals surface area contributed by atoms with Crippen LogP contribution in [0.25, 0.3) is 38.3 Å². The van der Waals surface area contributed by atoms with Gasteiger partial charge < -0.3 is 0 Å². The second-order valence-corrected chi connectivity index (χ2v) is 23.2. The van der Waals surface area contributed by atoms with Crippen LogP contribution in [0, 0.1) is 5.92 Å². The largest absolute Gasteiger partial charge is 0.274 e. The van der Waals surface area contributed by atoms with E-state index in [2.05, 4.69) is 50.6 Å². The molecule has 0 N–H and O–H groups in total. The molecule has 0 aliphatic carbocycles. The number of nitrogens with zero attached hydrogens (tertiary/aromatic N) is 1. The van der Waals surface area contributed by atoms with Crippen LogP contribution in [0.5, 0.6) is 0 Å². The predicted octanol–water partition coefficient (Wildman–Crippen LogP) is 19.5. The Hall–Kier alpha value is -1.84. The number of amides is 2. The lowest BCUT2D eigenvalue weighted by molar-refractivity contribution is 0.0651. The van der Waals surface area contributed by atoms with E-state index < -0.39 is 0 Å². The summed E-state index contributed by atoms with van der Waals surface area (Å²) in [6.07, 6.45) is 37.2. The highest BCUT2D eigenvalue weighted by Gasteiger charge is 2.42. The average molecular weight is 921 g/mol. The minimum absolute atomic E-state index is 0.0631. The highest BCUT2D eigenvalue weighted by Crippen LogP contribution is 2.52. The Balaban J connectivity index is 1.19. The maximum Gasteiger partial charge on any atom is 0.263 e. The number of carbonyl (C=O) groups excluding carboxylic acids is 2. The first-order chi connectivity index (χ1) is 30.0. The smallest absolute Gasteiger partial charge is 0.263 e. The molecule has 1 aliphatic rings. The molecule has 0 aromatic carbocycles. The second kappa shape index (κ2) is 26.2. The summed E-state index contributed by atoms with van der Waals surface area (Å²) in [5, 5.41) is 4.73. The maximum absolute atomic E-state index is 14.6. The van der Waals surface area contributed by atoms with Crippen molar-refractivity contribution in [3.05, 3.63) is 45.1 Å². The summed E-state index contributed by atoms with van der Waals surface area (Å²) >= 11 is 9.09. The lowest BCUT2D eigenvalue weighted by Gasteiger charge is -2.19. The van der Waals surface area contributed by atoms with Crippen molar-refractivity contribution >= 4 is 87.3 Å². The van der Waals surface area contributed by atoms with E-state index in [-0.39, 0.29) is 11.8 Å². The molecule has 5 aromatic heterocycles. The van der Waals surface area contributed by atoms with Gasteiger partial charge in [0.2, 0.25) is 0 Å². The molecule has 61 heavy (non-hydrogen) atoms. The topological polar surface area (TPSA) is 37.4 Å². The third-order valence-corrected chi connectivity index (χ3v) is 19.4. The quantitative estimate of drug-likeness (QED) is 0.0311. The van der Waals surface area contributed by atoms with Gasteiger partial charge in [-0.15, -0.1) is 56.7 Å². The van der Waals surface area contributed by atoms with Crippen LogP contribution in [-0.4, -0.2) is 23.3 Å². The fourth-order valence-corrected chi connectivity index (χ4v) is 15.9. The lowest BCUT2D eigenvalue weighted by Crippen LogP contribution is -2.31. The van der Waals surface area contributed by atoms with Crippen LogP contribution in [0.1, 0.15) is 233 Å². The van der Waals surface area contributed by atoms with Gasteiger partial charge in [0.1, 0.15) is 0 Å². The van der Waals surface area contributed by atoms with Crippen LogP contribution in [-0.2, 0) is 12.8 Å². The Labute approximate surface area is 390 Å². The van der Waals surface area contributed by atoms with Crippen molar-refractivity contribution in [2.75, 3.05) is 6.54 Å². The van der Waals surface area contributed by atoms with Gasteiger partial charge in [0.25, 0.3) is 11.8 Å². The van der Waals surface area contributed by atoms with Gasteiger partial charge in [-0.05, 0) is 72.0 Å². The van der Waals surface area contributed by atoms with Crippen molar-refractivity contribution in [3.8, 4) is 19.5 Å². The molecule has 2 amide bonds. The molecular formula is C53H77NO2S5. The number of fused-ring (bicyclic) bond motifs is 3. The first-order valence-corrected chi connectivity index (χ1v) is 29.2. The van der Waals surface area contributed by atoms with Crippen LogP contribution >= 0.6 is 56.7 Å². The molecule has 0 radical (unpaired) electrons. The third kappa shape index (κ3) is 13.4. The standard InChI is InChI=1S/C53H77NO2S5/c1-5-9-13-17-20-24-30-39(29-23-16-12-8-4)31-27-28-34-54-52(55)46-47(53(54)56)51(45-36-43-49(60-45)41(38-58-43)33-26-22-19-15-11-7-3)61-50(46)44-35-42-48(59-44)40(37-57-42)32-25-21-18-14-10-6-2/h35-39H,5-34H2,1-4H3. The molecule has 1 atom stereocenters. The molecule has 6 rings (SSSR count). The zero-order valence-corrected chi connectivity index (χ0v) is 42.5. The average Bonchev–Trinajstić information content (AvgIpc) is 4.12. The van der Waals surface area contributed by atoms with E-state index in [9.17, 15) is 9.59 Å². The van der Waals surface area contributed by atoms with Crippen LogP contribution in [0.3, 0.4) is 0 Å². The number of rotatable bonds is 33. The van der Waals surface area contributed by atoms with Gasteiger partial charge in [0.05, 0.1) is 20.9 Å². The zero-order chi connectivity index (χ0) is 42.8. The van der Waals surface area contributed by atoms with Gasteiger partial charge in [-0.25, -0.2) is 0 Å². The minimum atomic E-state index is -0.0631. The van der Waals surface area contributed by atoms with Gasteiger partial charge in [0, 0.05) is 35.1 Å². The first-order valence-electron chi connectivity index (χ1n) is 25.0. The highest BCUT2D eigenvalue weighted by molar-refractivity contribution is 7.33. The fraction of sp³-hybridized carbons (Fsp3) is 0.660. The second-order valence-electron chi connectivity index (χ2n) is 18.2. The summed E-state index contributed by atoms with van der Waals surface area (Å²) in [4.78, 5) is 35.2. The molecule has 8 heteroatoms. The van der Waals surface area contributed by atoms with Crippen molar-refractivity contribution in [2.45, 2.75) is 214 Å². The molecule has 1 aliphatic heterocycles. The third-order valence-electron chi connectivity index (χ3n) is 13.2. The van der Waals surface area contributed by atoms with Gasteiger partial charge >= 0.3 is 0 Å². The summed E-state index contributed by atoms with van der Waals surface area (Å²) in [7, 11) is 0. The van der Waals surface area contributed by atoms with Crippen LogP contribution in [0.15, 0.2) is 22.9 Å². The number of thiophene rings is 5. The molecule has 336 valence electrons. The van der Waals surface area contributed by atoms with E-state index in [0.717, 1.165) is 51.1 Å². The summed E-state index contributed by atoms with van der Waals surface area (Å²) in [6, 6.07) is 4.64. The van der Waals surface area contributed by atoms with Crippen molar-refractivity contribution in [3.63, 3.8) is 0 Å². The summed E-state index contributed by atoms with van der Waals surface area (Å²) in [5.74, 6) is 0.642. The number of aryl methyl sites for hydroxylation is 2. The number of carbonyl (C=O) groups is 2. The number of hydrogen-bond acceptors (Lipinski definition) is 7. The zero-order valence-electron chi connectivity index (χ0n) is 38.4. The summed E-state index contributed by atoms with van der Waals surface area (Å²) < 4.78 is 5.40. The monoisotopic (exact) mass is 919 g/mol. The van der Waals surface area contributed by atoms with Crippen molar-refractivity contribution < 1.29 is 9.59 Å². The SMILES string of the molecule is CCCCCCCCc1csc2cc(-c3sc(-c4cc5scc(CCCCCCCC)c5s4)c4c3C(=O)N(CCCCC(CCCCCC)CCCCCCCC)C4=O)sc12. The van der Waals surface area contributed by atoms with Crippen LogP contribution in [0.4, 0.5) is 0 Å². The van der Waals surface area contributed by atoms with E-state index in [1.807, 2.05) is 45.3 Å². The molecular weight excluding hydrogens is 843 g/mol. The van der Waals surface area contributed by atoms with E-state index in [1.54, 1.807) is 16.2 Å². The minimum Gasteiger partial charge on any atom is -0.274 e. The van der Waals surface area contributed by atoms with Gasteiger partial charge in [-0.1, -0.05) is 182 Å². The molecule has 1 unspecified atom stereocenters. The van der Waals surface area contributed by atoms with Gasteiger partial charge in [-0.2, -0.15) is 0 Å². The normalized spacial score (nSPS) is 13.5. The molecule has 0 bridgehead atoms. The Morgan fingerprint density at radius 3 is 1.28 bits per heavy atom. The highest BCUT2D eigenvalue weighted by atomic mass is 32.1. The van der Waals surface area contributed by atoms with Gasteiger partial charge in [-0.3, -0.25) is 14.5 Å². The molecule has 0 fully saturated rings. The maximum atomic E-state index is 14.6. The lowest BCUT2D eigenvalue weighted by atomic mass is 9.90. The Morgan fingerprint density at radius 2 is 0.836 bits per heavy atom. The number of unbranched alkanes of at least 4 members (excludes halogenated alkanes) is 19. The molecule has 5 aromatic rings. The first kappa shape index (κ1) is 48.6. The van der Waals surface area contributed by atoms with E-state index in [0.29, 0.717) is 17.7 Å². The summed E-state index contributed by atoms with van der Waals surface area (Å²) in [5.41, 5.74) is 4.27. The molecule has 6 heterocycles. The predicted molar refractivity (Wildman–Crippen MR) is 275 cm³/mol. The van der Waals surface area contributed by atoms with Crippen molar-refractivity contribution in [2.24, 2.45) is 5.92 Å². The van der Waals surface area contributed by atoms with E-state index in [1.165, 1.54) is 190 Å². The van der Waals surface area contributed by atoms with Crippen molar-refractivity contribution in [1.29, 1.82) is 0 Å². The molecule has 0 saturated heterocycles. The molecule has 3 nitrogen and oxygen atoms in total. The van der Waals surface area contributed by atoms with Crippen LogP contribution < -0.4 is 0 Å².